The summed E-state index contributed by atoms with van der Waals surface area (Å²) in [5.41, 5.74) is 3.66. The smallest absolute Gasteiger partial charge is 0.338 e. The van der Waals surface area contributed by atoms with Gasteiger partial charge in [-0.2, -0.15) is 0 Å². The largest absolute Gasteiger partial charge is 0.463 e. The normalized spacial score (nSPS) is 17.1. The third-order valence-corrected chi connectivity index (χ3v) is 7.26. The maximum Gasteiger partial charge on any atom is 0.338 e. The number of ether oxygens (including phenoxy) is 1. The number of rotatable bonds is 6. The molecule has 0 saturated carbocycles. The number of fused-ring (bicyclic) bond motifs is 1. The van der Waals surface area contributed by atoms with Crippen LogP contribution in [0.4, 0.5) is 10.1 Å². The van der Waals surface area contributed by atoms with Crippen molar-refractivity contribution in [3.8, 4) is 0 Å². The minimum absolute atomic E-state index is 0.239. The van der Waals surface area contributed by atoms with Crippen LogP contribution < -0.4 is 5.32 Å². The van der Waals surface area contributed by atoms with Crippen LogP contribution in [0.25, 0.3) is 5.70 Å². The van der Waals surface area contributed by atoms with Crippen molar-refractivity contribution in [2.75, 3.05) is 24.2 Å². The average Bonchev–Trinajstić information content (AvgIpc) is 2.93. The van der Waals surface area contributed by atoms with E-state index in [2.05, 4.69) is 10.2 Å². The van der Waals surface area contributed by atoms with Gasteiger partial charge >= 0.3 is 5.97 Å². The molecule has 0 aliphatic carbocycles. The minimum atomic E-state index is -0.468. The van der Waals surface area contributed by atoms with Gasteiger partial charge in [0.1, 0.15) is 5.82 Å². The highest BCUT2D eigenvalue weighted by molar-refractivity contribution is 8.13. The second kappa shape index (κ2) is 11.0. The maximum atomic E-state index is 13.5. The number of amides is 1. The molecule has 5 rings (SSSR count). The number of nitrogens with zero attached hydrogens (tertiary/aromatic N) is 2. The quantitative estimate of drug-likeness (QED) is 0.414. The molecule has 2 heterocycles. The molecule has 0 radical (unpaired) electrons. The molecule has 1 N–H and O–H groups in total. The lowest BCUT2D eigenvalue weighted by molar-refractivity contribution is -0.139. The number of amidine groups is 1. The lowest BCUT2D eigenvalue weighted by atomic mass is 9.91. The molecule has 188 valence electrons. The summed E-state index contributed by atoms with van der Waals surface area (Å²) in [6.45, 7) is 2.81. The Hall–Kier alpha value is -3.91. The van der Waals surface area contributed by atoms with Crippen LogP contribution >= 0.6 is 11.8 Å². The van der Waals surface area contributed by atoms with Gasteiger partial charge in [-0.15, -0.1) is 0 Å². The third-order valence-electron chi connectivity index (χ3n) is 6.18. The maximum absolute atomic E-state index is 13.5. The predicted molar refractivity (Wildman–Crippen MR) is 145 cm³/mol. The van der Waals surface area contributed by atoms with Crippen molar-refractivity contribution in [3.63, 3.8) is 0 Å². The monoisotopic (exact) mass is 515 g/mol. The zero-order valence-corrected chi connectivity index (χ0v) is 21.1. The Kier molecular flexibility index (Phi) is 7.37. The molecular weight excluding hydrogens is 489 g/mol. The number of hydrogen-bond acceptors (Lipinski definition) is 6. The van der Waals surface area contributed by atoms with E-state index in [-0.39, 0.29) is 18.2 Å². The van der Waals surface area contributed by atoms with E-state index in [0.29, 0.717) is 17.0 Å². The van der Waals surface area contributed by atoms with Gasteiger partial charge in [-0.1, -0.05) is 60.3 Å². The van der Waals surface area contributed by atoms with Crippen LogP contribution in [0.2, 0.25) is 0 Å². The van der Waals surface area contributed by atoms with Crippen LogP contribution in [0.1, 0.15) is 40.9 Å². The van der Waals surface area contributed by atoms with Crippen LogP contribution in [-0.4, -0.2) is 40.8 Å². The number of carbonyl (C=O) groups excluding carboxylic acids is 2. The SMILES string of the molecule is CCOC(=O)C1=C(c2ccccc2)N=C2SCCCN2[C@@H]1c1ccc(NC(=O)c2cccc(F)c2)cc1. The van der Waals surface area contributed by atoms with Crippen LogP contribution in [0.3, 0.4) is 0 Å². The number of nitrogens with one attached hydrogen (secondary N) is 1. The summed E-state index contributed by atoms with van der Waals surface area (Å²) >= 11 is 1.68. The molecule has 0 spiro atoms. The molecule has 37 heavy (non-hydrogen) atoms. The van der Waals surface area contributed by atoms with Crippen molar-refractivity contribution in [2.45, 2.75) is 19.4 Å². The standard InChI is InChI=1S/C29H26FN3O3S/c1-2-36-28(35)24-25(19-8-4-3-5-9-19)32-29-33(16-7-17-37-29)26(24)20-12-14-23(15-13-20)31-27(34)21-10-6-11-22(30)18-21/h3-6,8-15,18,26H,2,7,16-17H2,1H3,(H,31,34)/t26-/m1/s1. The highest BCUT2D eigenvalue weighted by Crippen LogP contribution is 2.43. The van der Waals surface area contributed by atoms with Gasteiger partial charge in [-0.05, 0) is 49.2 Å². The fourth-order valence-electron chi connectivity index (χ4n) is 4.52. The van der Waals surface area contributed by atoms with E-state index in [1.165, 1.54) is 18.2 Å². The summed E-state index contributed by atoms with van der Waals surface area (Å²) in [7, 11) is 0. The number of anilines is 1. The molecule has 2 aliphatic rings. The third kappa shape index (κ3) is 5.29. The van der Waals surface area contributed by atoms with E-state index in [1.807, 2.05) is 42.5 Å². The van der Waals surface area contributed by atoms with Crippen molar-refractivity contribution in [1.82, 2.24) is 4.90 Å². The summed E-state index contributed by atoms with van der Waals surface area (Å²) in [6.07, 6.45) is 0.971. The molecule has 3 aromatic rings. The summed E-state index contributed by atoms with van der Waals surface area (Å²) < 4.78 is 19.0. The van der Waals surface area contributed by atoms with Crippen LogP contribution in [0.15, 0.2) is 89.4 Å². The summed E-state index contributed by atoms with van der Waals surface area (Å²) in [5, 5.41) is 3.69. The first-order valence-corrected chi connectivity index (χ1v) is 13.2. The zero-order valence-electron chi connectivity index (χ0n) is 20.3. The average molecular weight is 516 g/mol. The van der Waals surface area contributed by atoms with Gasteiger partial charge in [0.05, 0.1) is 23.9 Å². The van der Waals surface area contributed by atoms with E-state index >= 15 is 0 Å². The highest BCUT2D eigenvalue weighted by Gasteiger charge is 2.39. The summed E-state index contributed by atoms with van der Waals surface area (Å²) in [4.78, 5) is 33.0. The first-order valence-electron chi connectivity index (χ1n) is 12.2. The van der Waals surface area contributed by atoms with Gasteiger partial charge in [0.25, 0.3) is 5.91 Å². The molecule has 0 bridgehead atoms. The van der Waals surface area contributed by atoms with Crippen LogP contribution in [0.5, 0.6) is 0 Å². The Labute approximate surface area is 219 Å². The van der Waals surface area contributed by atoms with Gasteiger partial charge < -0.3 is 15.0 Å². The topological polar surface area (TPSA) is 71.0 Å². The lowest BCUT2D eigenvalue weighted by Crippen LogP contribution is -2.42. The van der Waals surface area contributed by atoms with Gasteiger partial charge in [0, 0.05) is 29.1 Å². The predicted octanol–water partition coefficient (Wildman–Crippen LogP) is 5.90. The summed E-state index contributed by atoms with van der Waals surface area (Å²) in [5.74, 6) is -0.299. The molecule has 0 aromatic heterocycles. The van der Waals surface area contributed by atoms with Gasteiger partial charge in [0.15, 0.2) is 5.17 Å². The molecule has 1 saturated heterocycles. The van der Waals surface area contributed by atoms with Crippen LogP contribution in [-0.2, 0) is 9.53 Å². The lowest BCUT2D eigenvalue weighted by Gasteiger charge is -2.41. The molecule has 8 heteroatoms. The van der Waals surface area contributed by atoms with Gasteiger partial charge in [0.2, 0.25) is 0 Å². The number of aliphatic imine (C=N–C) groups is 1. The number of benzene rings is 3. The van der Waals surface area contributed by atoms with Crippen molar-refractivity contribution in [2.24, 2.45) is 4.99 Å². The fraction of sp³-hybridized carbons (Fsp3) is 0.207. The molecule has 3 aromatic carbocycles. The van der Waals surface area contributed by atoms with Crippen molar-refractivity contribution in [3.05, 3.63) is 107 Å². The highest BCUT2D eigenvalue weighted by atomic mass is 32.2. The van der Waals surface area contributed by atoms with E-state index in [4.69, 9.17) is 9.73 Å². The first-order chi connectivity index (χ1) is 18.0. The van der Waals surface area contributed by atoms with E-state index < -0.39 is 17.7 Å². The number of esters is 1. The Balaban J connectivity index is 1.53. The Morgan fingerprint density at radius 3 is 2.59 bits per heavy atom. The number of hydrogen-bond donors (Lipinski definition) is 1. The van der Waals surface area contributed by atoms with Crippen LogP contribution in [0, 0.1) is 5.82 Å². The van der Waals surface area contributed by atoms with E-state index in [9.17, 15) is 14.0 Å². The molecule has 2 aliphatic heterocycles. The Morgan fingerprint density at radius 1 is 1.08 bits per heavy atom. The second-order valence-electron chi connectivity index (χ2n) is 8.63. The van der Waals surface area contributed by atoms with Gasteiger partial charge in [-0.3, -0.25) is 4.79 Å². The summed E-state index contributed by atoms with van der Waals surface area (Å²) in [6, 6.07) is 22.2. The molecule has 1 amide bonds. The molecular formula is C29H26FN3O3S. The number of thioether (sulfide) groups is 1. The zero-order chi connectivity index (χ0) is 25.8. The molecule has 0 unspecified atom stereocenters. The van der Waals surface area contributed by atoms with Crippen molar-refractivity contribution >= 4 is 40.2 Å². The Bertz CT molecular complexity index is 1370. The molecule has 6 nitrogen and oxygen atoms in total. The molecule has 1 atom stereocenters. The van der Waals surface area contributed by atoms with E-state index in [0.717, 1.165) is 35.0 Å². The minimum Gasteiger partial charge on any atom is -0.463 e. The fourth-order valence-corrected chi connectivity index (χ4v) is 5.49. The van der Waals surface area contributed by atoms with Crippen molar-refractivity contribution in [1.29, 1.82) is 0 Å². The molecule has 1 fully saturated rings. The second-order valence-corrected chi connectivity index (χ2v) is 9.69. The number of halogens is 1. The number of carbonyl (C=O) groups is 2. The Morgan fingerprint density at radius 2 is 1.86 bits per heavy atom. The van der Waals surface area contributed by atoms with E-state index in [1.54, 1.807) is 36.9 Å². The van der Waals surface area contributed by atoms with Crippen molar-refractivity contribution < 1.29 is 18.7 Å². The van der Waals surface area contributed by atoms with Gasteiger partial charge in [-0.25, -0.2) is 14.2 Å². The first kappa shape index (κ1) is 24.8.